The van der Waals surface area contributed by atoms with Crippen LogP contribution in [0.3, 0.4) is 0 Å². The van der Waals surface area contributed by atoms with Crippen LogP contribution in [0.2, 0.25) is 0 Å². The third kappa shape index (κ3) is 3.88. The van der Waals surface area contributed by atoms with Crippen LogP contribution < -0.4 is 10.2 Å². The molecule has 0 bridgehead atoms. The van der Waals surface area contributed by atoms with Crippen molar-refractivity contribution in [1.29, 1.82) is 0 Å². The van der Waals surface area contributed by atoms with Crippen molar-refractivity contribution in [2.45, 2.75) is 19.3 Å². The van der Waals surface area contributed by atoms with E-state index in [1.807, 2.05) is 12.1 Å². The molecule has 0 aromatic carbocycles. The summed E-state index contributed by atoms with van der Waals surface area (Å²) in [7, 11) is 1.57. The van der Waals surface area contributed by atoms with Gasteiger partial charge in [0.05, 0.1) is 6.61 Å². The number of nitrogens with zero attached hydrogens (tertiary/aromatic N) is 4. The van der Waals surface area contributed by atoms with Crippen molar-refractivity contribution in [3.05, 3.63) is 24.2 Å². The van der Waals surface area contributed by atoms with Gasteiger partial charge in [0.1, 0.15) is 5.82 Å². The molecule has 128 valence electrons. The molecule has 8 heteroatoms. The van der Waals surface area contributed by atoms with Gasteiger partial charge in [-0.3, -0.25) is 4.79 Å². The number of carbonyl (C=O) groups excluding carboxylic acids is 1. The molecule has 8 nitrogen and oxygen atoms in total. The number of methoxy groups -OCH3 is 1. The maximum Gasteiger partial charge on any atom is 0.316 e. The molecule has 0 atom stereocenters. The minimum atomic E-state index is -0.406. The second kappa shape index (κ2) is 7.87. The number of aromatic nitrogens is 3. The van der Waals surface area contributed by atoms with Crippen LogP contribution in [0.25, 0.3) is 11.4 Å². The van der Waals surface area contributed by atoms with Crippen molar-refractivity contribution in [2.75, 3.05) is 38.3 Å². The smallest absolute Gasteiger partial charge is 0.316 e. The van der Waals surface area contributed by atoms with E-state index in [1.54, 1.807) is 13.3 Å². The summed E-state index contributed by atoms with van der Waals surface area (Å²) in [4.78, 5) is 22.7. The zero-order valence-electron chi connectivity index (χ0n) is 13.7. The van der Waals surface area contributed by atoms with Gasteiger partial charge in [-0.05, 0) is 31.4 Å². The van der Waals surface area contributed by atoms with E-state index < -0.39 is 5.91 Å². The van der Waals surface area contributed by atoms with Gasteiger partial charge in [0.15, 0.2) is 0 Å². The maximum atomic E-state index is 11.9. The Balaban J connectivity index is 1.71. The fourth-order valence-corrected chi connectivity index (χ4v) is 2.63. The summed E-state index contributed by atoms with van der Waals surface area (Å²) in [5.41, 5.74) is 0.783. The van der Waals surface area contributed by atoms with Crippen LogP contribution >= 0.6 is 0 Å². The number of nitrogens with one attached hydrogen (secondary N) is 1. The summed E-state index contributed by atoms with van der Waals surface area (Å²) in [6.45, 7) is 2.84. The lowest BCUT2D eigenvalue weighted by Gasteiger charge is -2.27. The first-order chi connectivity index (χ1) is 11.8. The topological polar surface area (TPSA) is 93.4 Å². The first-order valence-corrected chi connectivity index (χ1v) is 8.10. The molecular weight excluding hydrogens is 310 g/mol. The fourth-order valence-electron chi connectivity index (χ4n) is 2.63. The molecule has 1 N–H and O–H groups in total. The molecule has 0 saturated carbocycles. The van der Waals surface area contributed by atoms with Crippen LogP contribution in [0.4, 0.5) is 5.82 Å². The maximum absolute atomic E-state index is 11.9. The monoisotopic (exact) mass is 331 g/mol. The minimum Gasteiger partial charge on any atom is -0.383 e. The van der Waals surface area contributed by atoms with E-state index in [1.165, 1.54) is 19.3 Å². The molecule has 3 rings (SSSR count). The first-order valence-electron chi connectivity index (χ1n) is 8.10. The Morgan fingerprint density at radius 3 is 3.00 bits per heavy atom. The van der Waals surface area contributed by atoms with Crippen molar-refractivity contribution in [3.63, 3.8) is 0 Å². The summed E-state index contributed by atoms with van der Waals surface area (Å²) >= 11 is 0. The van der Waals surface area contributed by atoms with E-state index in [2.05, 4.69) is 25.3 Å². The van der Waals surface area contributed by atoms with Gasteiger partial charge in [0, 0.05) is 38.5 Å². The van der Waals surface area contributed by atoms with E-state index in [0.717, 1.165) is 24.5 Å². The van der Waals surface area contributed by atoms with Crippen LogP contribution in [-0.2, 0) is 4.74 Å². The largest absolute Gasteiger partial charge is 0.383 e. The highest BCUT2D eigenvalue weighted by Crippen LogP contribution is 2.23. The van der Waals surface area contributed by atoms with Crippen LogP contribution in [0.5, 0.6) is 0 Å². The molecule has 2 aromatic heterocycles. The molecule has 0 aliphatic carbocycles. The Bertz CT molecular complexity index is 682. The van der Waals surface area contributed by atoms with E-state index in [0.29, 0.717) is 19.0 Å². The van der Waals surface area contributed by atoms with Gasteiger partial charge in [0.2, 0.25) is 5.82 Å². The zero-order chi connectivity index (χ0) is 16.8. The van der Waals surface area contributed by atoms with Crippen LogP contribution in [0.1, 0.15) is 29.9 Å². The molecule has 0 radical (unpaired) electrons. The normalized spacial score (nSPS) is 14.6. The van der Waals surface area contributed by atoms with Crippen molar-refractivity contribution in [2.24, 2.45) is 0 Å². The van der Waals surface area contributed by atoms with Crippen molar-refractivity contribution in [3.8, 4) is 11.4 Å². The highest BCUT2D eigenvalue weighted by molar-refractivity contribution is 5.89. The second-order valence-electron chi connectivity index (χ2n) is 5.62. The lowest BCUT2D eigenvalue weighted by atomic mass is 10.1. The summed E-state index contributed by atoms with van der Waals surface area (Å²) in [6, 6.07) is 3.74. The van der Waals surface area contributed by atoms with Crippen LogP contribution in [0, 0.1) is 0 Å². The Labute approximate surface area is 140 Å². The summed E-state index contributed by atoms with van der Waals surface area (Å²) < 4.78 is 9.93. The van der Waals surface area contributed by atoms with E-state index in [-0.39, 0.29) is 5.89 Å². The molecule has 0 unspecified atom stereocenters. The van der Waals surface area contributed by atoms with E-state index in [4.69, 9.17) is 9.26 Å². The minimum absolute atomic E-state index is 0.0579. The first kappa shape index (κ1) is 16.4. The number of amides is 1. The van der Waals surface area contributed by atoms with Crippen molar-refractivity contribution in [1.82, 2.24) is 20.4 Å². The Kier molecular flexibility index (Phi) is 5.37. The lowest BCUT2D eigenvalue weighted by Crippen LogP contribution is -2.30. The Hall–Kier alpha value is -2.48. The van der Waals surface area contributed by atoms with E-state index in [9.17, 15) is 4.79 Å². The third-order valence-corrected chi connectivity index (χ3v) is 3.90. The quantitative estimate of drug-likeness (QED) is 0.802. The summed E-state index contributed by atoms with van der Waals surface area (Å²) in [5, 5.41) is 6.54. The predicted octanol–water partition coefficient (Wildman–Crippen LogP) is 1.50. The second-order valence-corrected chi connectivity index (χ2v) is 5.62. The molecule has 24 heavy (non-hydrogen) atoms. The molecule has 3 heterocycles. The molecule has 1 saturated heterocycles. The number of piperidine rings is 1. The zero-order valence-corrected chi connectivity index (χ0v) is 13.7. The Morgan fingerprint density at radius 1 is 1.38 bits per heavy atom. The summed E-state index contributed by atoms with van der Waals surface area (Å²) in [5.74, 6) is 0.823. The van der Waals surface area contributed by atoms with Gasteiger partial charge in [-0.25, -0.2) is 4.98 Å². The van der Waals surface area contributed by atoms with Gasteiger partial charge in [-0.2, -0.15) is 4.98 Å². The van der Waals surface area contributed by atoms with Crippen molar-refractivity contribution < 1.29 is 14.1 Å². The van der Waals surface area contributed by atoms with Crippen LogP contribution in [-0.4, -0.2) is 54.4 Å². The number of pyridine rings is 1. The van der Waals surface area contributed by atoms with Crippen molar-refractivity contribution >= 4 is 11.7 Å². The molecule has 1 fully saturated rings. The molecule has 2 aromatic rings. The molecular formula is C16H21N5O3. The highest BCUT2D eigenvalue weighted by atomic mass is 16.5. The number of ether oxygens (including phenoxy) is 1. The SMILES string of the molecule is COCCNC(=O)c1nc(-c2ccnc(N3CCCCC3)c2)no1. The Morgan fingerprint density at radius 2 is 2.21 bits per heavy atom. The number of carbonyl (C=O) groups is 1. The number of rotatable bonds is 6. The number of anilines is 1. The van der Waals surface area contributed by atoms with Crippen LogP contribution in [0.15, 0.2) is 22.9 Å². The van der Waals surface area contributed by atoms with Gasteiger partial charge in [-0.1, -0.05) is 5.16 Å². The van der Waals surface area contributed by atoms with Gasteiger partial charge >= 0.3 is 11.8 Å². The van der Waals surface area contributed by atoms with Gasteiger partial charge in [-0.15, -0.1) is 0 Å². The molecule has 0 spiro atoms. The van der Waals surface area contributed by atoms with E-state index >= 15 is 0 Å². The average Bonchev–Trinajstić information content (AvgIpc) is 3.13. The fraction of sp³-hybridized carbons (Fsp3) is 0.500. The van der Waals surface area contributed by atoms with Gasteiger partial charge in [0.25, 0.3) is 0 Å². The molecule has 1 amide bonds. The average molecular weight is 331 g/mol. The highest BCUT2D eigenvalue weighted by Gasteiger charge is 2.17. The third-order valence-electron chi connectivity index (χ3n) is 3.90. The lowest BCUT2D eigenvalue weighted by molar-refractivity contribution is 0.0893. The number of hydrogen-bond acceptors (Lipinski definition) is 7. The number of hydrogen-bond donors (Lipinski definition) is 1. The molecule has 1 aliphatic rings. The predicted molar refractivity (Wildman–Crippen MR) is 87.8 cm³/mol. The standard InChI is InChI=1S/C16H21N5O3/c1-23-10-7-18-15(22)16-19-14(20-24-16)12-5-6-17-13(11-12)21-8-3-2-4-9-21/h5-6,11H,2-4,7-10H2,1H3,(H,18,22). The van der Waals surface area contributed by atoms with Gasteiger partial charge < -0.3 is 19.5 Å². The summed E-state index contributed by atoms with van der Waals surface area (Å²) in [6.07, 6.45) is 5.36. The molecule has 1 aliphatic heterocycles.